The molecule has 0 amide bonds. The zero-order valence-corrected chi connectivity index (χ0v) is 16.1. The van der Waals surface area contributed by atoms with Gasteiger partial charge in [0.25, 0.3) is 0 Å². The topological polar surface area (TPSA) is 21.3 Å². The number of rotatable bonds is 1. The van der Waals surface area contributed by atoms with E-state index in [0.29, 0.717) is 5.92 Å². The van der Waals surface area contributed by atoms with Crippen LogP contribution in [0.2, 0.25) is 5.02 Å². The van der Waals surface area contributed by atoms with E-state index in [2.05, 4.69) is 66.0 Å². The second-order valence-electron chi connectivity index (χ2n) is 7.86. The van der Waals surface area contributed by atoms with Crippen molar-refractivity contribution in [3.8, 4) is 0 Å². The Bertz CT molecular complexity index is 1200. The highest BCUT2D eigenvalue weighted by Crippen LogP contribution is 2.52. The van der Waals surface area contributed by atoms with Crippen LogP contribution in [-0.2, 0) is 4.74 Å². The molecule has 3 atom stereocenters. The van der Waals surface area contributed by atoms with Crippen LogP contribution in [0.5, 0.6) is 0 Å². The highest BCUT2D eigenvalue weighted by molar-refractivity contribution is 6.30. The van der Waals surface area contributed by atoms with Crippen molar-refractivity contribution in [1.82, 2.24) is 0 Å². The average Bonchev–Trinajstić information content (AvgIpc) is 3.22. The van der Waals surface area contributed by atoms with Gasteiger partial charge in [0, 0.05) is 28.8 Å². The summed E-state index contributed by atoms with van der Waals surface area (Å²) in [6.45, 7) is 0.810. The molecular weight excluding hydrogens is 366 g/mol. The van der Waals surface area contributed by atoms with Crippen LogP contribution < -0.4 is 5.32 Å². The summed E-state index contributed by atoms with van der Waals surface area (Å²) in [4.78, 5) is 0. The fourth-order valence-electron chi connectivity index (χ4n) is 4.99. The minimum atomic E-state index is 0.127. The van der Waals surface area contributed by atoms with Crippen molar-refractivity contribution < 1.29 is 4.74 Å². The molecule has 0 bridgehead atoms. The number of nitrogens with one attached hydrogen (secondary N) is 1. The van der Waals surface area contributed by atoms with Gasteiger partial charge in [-0.05, 0) is 63.9 Å². The summed E-state index contributed by atoms with van der Waals surface area (Å²) >= 11 is 6.11. The summed E-state index contributed by atoms with van der Waals surface area (Å²) in [7, 11) is 0. The Balaban J connectivity index is 1.55. The lowest BCUT2D eigenvalue weighted by Gasteiger charge is -2.37. The van der Waals surface area contributed by atoms with E-state index < -0.39 is 0 Å². The van der Waals surface area contributed by atoms with Gasteiger partial charge in [0.1, 0.15) is 0 Å². The summed E-state index contributed by atoms with van der Waals surface area (Å²) in [6, 6.07) is 26.1. The molecule has 0 aliphatic carbocycles. The molecule has 0 spiro atoms. The van der Waals surface area contributed by atoms with E-state index in [9.17, 15) is 0 Å². The molecule has 0 unspecified atom stereocenters. The van der Waals surface area contributed by atoms with Crippen molar-refractivity contribution in [1.29, 1.82) is 0 Å². The van der Waals surface area contributed by atoms with E-state index in [1.165, 1.54) is 38.4 Å². The van der Waals surface area contributed by atoms with Crippen LogP contribution >= 0.6 is 11.6 Å². The maximum absolute atomic E-state index is 6.31. The molecule has 1 saturated heterocycles. The van der Waals surface area contributed by atoms with Gasteiger partial charge < -0.3 is 10.1 Å². The monoisotopic (exact) mass is 385 g/mol. The zero-order valence-electron chi connectivity index (χ0n) is 15.4. The molecule has 0 radical (unpaired) electrons. The molecule has 2 nitrogen and oxygen atoms in total. The highest BCUT2D eigenvalue weighted by atomic mass is 35.5. The van der Waals surface area contributed by atoms with Gasteiger partial charge in [-0.1, -0.05) is 54.1 Å². The zero-order chi connectivity index (χ0) is 18.7. The first-order valence-corrected chi connectivity index (χ1v) is 10.2. The van der Waals surface area contributed by atoms with Crippen LogP contribution in [0.3, 0.4) is 0 Å². The Morgan fingerprint density at radius 3 is 2.46 bits per heavy atom. The predicted molar refractivity (Wildman–Crippen MR) is 116 cm³/mol. The smallest absolute Gasteiger partial charge is 0.0902 e. The Morgan fingerprint density at radius 1 is 0.857 bits per heavy atom. The third kappa shape index (κ3) is 2.45. The van der Waals surface area contributed by atoms with Crippen LogP contribution in [0.25, 0.3) is 21.5 Å². The van der Waals surface area contributed by atoms with Crippen molar-refractivity contribution in [3.05, 3.63) is 88.9 Å². The standard InChI is InChI=1S/C25H20ClNO/c26-19-8-5-15(6-9-19)24-20-11-12-28-25(20)23-21-14-17-4-2-1-3-16(17)13-18(21)7-10-22(23)27-24/h1-10,13-14,20,24-25,27H,11-12H2/t20-,24-,25-/m0/s1. The lowest BCUT2D eigenvalue weighted by molar-refractivity contribution is 0.0841. The molecule has 0 saturated carbocycles. The molecule has 1 fully saturated rings. The highest BCUT2D eigenvalue weighted by Gasteiger charge is 2.42. The van der Waals surface area contributed by atoms with Gasteiger partial charge in [0.15, 0.2) is 0 Å². The van der Waals surface area contributed by atoms with Gasteiger partial charge in [-0.3, -0.25) is 0 Å². The minimum Gasteiger partial charge on any atom is -0.378 e. The second kappa shape index (κ2) is 6.23. The van der Waals surface area contributed by atoms with Gasteiger partial charge >= 0.3 is 0 Å². The molecule has 138 valence electrons. The van der Waals surface area contributed by atoms with Crippen molar-refractivity contribution >= 4 is 38.8 Å². The van der Waals surface area contributed by atoms with Crippen molar-refractivity contribution in [3.63, 3.8) is 0 Å². The number of halogens is 1. The molecule has 1 N–H and O–H groups in total. The van der Waals surface area contributed by atoms with E-state index in [1.54, 1.807) is 0 Å². The normalized spacial score (nSPS) is 23.4. The van der Waals surface area contributed by atoms with Gasteiger partial charge in [0.2, 0.25) is 0 Å². The van der Waals surface area contributed by atoms with Gasteiger partial charge in [0.05, 0.1) is 12.1 Å². The van der Waals surface area contributed by atoms with Crippen LogP contribution in [0, 0.1) is 5.92 Å². The summed E-state index contributed by atoms with van der Waals surface area (Å²) in [5.74, 6) is 0.422. The molecule has 3 heteroatoms. The largest absolute Gasteiger partial charge is 0.378 e. The lowest BCUT2D eigenvalue weighted by Crippen LogP contribution is -2.29. The maximum atomic E-state index is 6.31. The van der Waals surface area contributed by atoms with E-state index in [1.807, 2.05) is 12.1 Å². The molecule has 4 aromatic carbocycles. The Labute approximate surface area is 169 Å². The van der Waals surface area contributed by atoms with Gasteiger partial charge in [-0.15, -0.1) is 0 Å². The van der Waals surface area contributed by atoms with Crippen molar-refractivity contribution in [2.75, 3.05) is 11.9 Å². The fraction of sp³-hybridized carbons (Fsp3) is 0.200. The summed E-state index contributed by atoms with van der Waals surface area (Å²) in [5.41, 5.74) is 3.77. The number of ether oxygens (including phenoxy) is 1. The van der Waals surface area contributed by atoms with Crippen LogP contribution in [0.4, 0.5) is 5.69 Å². The molecule has 6 rings (SSSR count). The van der Waals surface area contributed by atoms with Gasteiger partial charge in [-0.2, -0.15) is 0 Å². The molecule has 28 heavy (non-hydrogen) atoms. The van der Waals surface area contributed by atoms with Gasteiger partial charge in [-0.25, -0.2) is 0 Å². The first-order valence-electron chi connectivity index (χ1n) is 9.87. The first-order chi connectivity index (χ1) is 13.8. The SMILES string of the molecule is Clc1ccc([C@@H]2Nc3ccc4cc5ccccc5cc4c3[C@H]3OCC[C@H]32)cc1. The molecule has 0 aromatic heterocycles. The number of fused-ring (bicyclic) bond motifs is 6. The third-order valence-corrected chi connectivity index (χ3v) is 6.57. The summed E-state index contributed by atoms with van der Waals surface area (Å²) in [6.07, 6.45) is 1.19. The maximum Gasteiger partial charge on any atom is 0.0902 e. The van der Waals surface area contributed by atoms with Crippen molar-refractivity contribution in [2.45, 2.75) is 18.6 Å². The predicted octanol–water partition coefficient (Wildman–Crippen LogP) is 6.89. The number of anilines is 1. The molecule has 2 heterocycles. The Hall–Kier alpha value is -2.55. The van der Waals surface area contributed by atoms with Crippen molar-refractivity contribution in [2.24, 2.45) is 5.92 Å². The summed E-state index contributed by atoms with van der Waals surface area (Å²) < 4.78 is 6.31. The van der Waals surface area contributed by atoms with E-state index in [4.69, 9.17) is 16.3 Å². The molecule has 4 aromatic rings. The Morgan fingerprint density at radius 2 is 1.64 bits per heavy atom. The number of benzene rings is 4. The third-order valence-electron chi connectivity index (χ3n) is 6.32. The van der Waals surface area contributed by atoms with Crippen LogP contribution in [0.15, 0.2) is 72.8 Å². The van der Waals surface area contributed by atoms with Crippen LogP contribution in [-0.4, -0.2) is 6.61 Å². The number of hydrogen-bond donors (Lipinski definition) is 1. The Kier molecular flexibility index (Phi) is 3.65. The molecule has 2 aliphatic heterocycles. The van der Waals surface area contributed by atoms with E-state index in [-0.39, 0.29) is 12.1 Å². The fourth-order valence-corrected chi connectivity index (χ4v) is 5.12. The summed E-state index contributed by atoms with van der Waals surface area (Å²) in [5, 5.41) is 9.73. The second-order valence-corrected chi connectivity index (χ2v) is 8.30. The van der Waals surface area contributed by atoms with Crippen LogP contribution in [0.1, 0.15) is 29.7 Å². The number of hydrogen-bond acceptors (Lipinski definition) is 2. The van der Waals surface area contributed by atoms with E-state index in [0.717, 1.165) is 18.1 Å². The minimum absolute atomic E-state index is 0.127. The molecular formula is C25H20ClNO. The van der Waals surface area contributed by atoms with E-state index >= 15 is 0 Å². The average molecular weight is 386 g/mol. The quantitative estimate of drug-likeness (QED) is 0.360. The first kappa shape index (κ1) is 16.4. The molecule has 2 aliphatic rings. The lowest BCUT2D eigenvalue weighted by atomic mass is 9.79.